The first-order chi connectivity index (χ1) is 11.5. The fourth-order valence-corrected chi connectivity index (χ4v) is 2.88. The molecule has 7 heteroatoms. The summed E-state index contributed by atoms with van der Waals surface area (Å²) in [6.07, 6.45) is 0. The molecule has 0 atom stereocenters. The first kappa shape index (κ1) is 15.7. The molecule has 2 aromatic heterocycles. The largest absolute Gasteiger partial charge is 0.366 e. The molecule has 0 aliphatic rings. The Bertz CT molecular complexity index is 961. The third-order valence-corrected chi connectivity index (χ3v) is 4.25. The van der Waals surface area contributed by atoms with Crippen LogP contribution in [0.5, 0.6) is 0 Å². The van der Waals surface area contributed by atoms with E-state index >= 15 is 0 Å². The molecule has 6 nitrogen and oxygen atoms in total. The van der Waals surface area contributed by atoms with Crippen LogP contribution in [0.2, 0.25) is 0 Å². The van der Waals surface area contributed by atoms with Crippen molar-refractivity contribution in [2.24, 2.45) is 5.73 Å². The van der Waals surface area contributed by atoms with Crippen molar-refractivity contribution in [1.29, 1.82) is 0 Å². The minimum Gasteiger partial charge on any atom is -0.366 e. The van der Waals surface area contributed by atoms with Gasteiger partial charge in [0.2, 0.25) is 5.91 Å². The normalized spacial score (nSPS) is 10.3. The van der Waals surface area contributed by atoms with E-state index in [9.17, 15) is 14.4 Å². The Morgan fingerprint density at radius 2 is 1.92 bits per heavy atom. The van der Waals surface area contributed by atoms with Crippen molar-refractivity contribution in [3.63, 3.8) is 0 Å². The lowest BCUT2D eigenvalue weighted by Crippen LogP contribution is -2.23. The monoisotopic (exact) mass is 339 g/mol. The summed E-state index contributed by atoms with van der Waals surface area (Å²) < 4.78 is 0. The fourth-order valence-electron chi connectivity index (χ4n) is 2.18. The van der Waals surface area contributed by atoms with E-state index in [0.29, 0.717) is 11.4 Å². The molecule has 2 heterocycles. The van der Waals surface area contributed by atoms with E-state index < -0.39 is 17.4 Å². The number of anilines is 1. The molecule has 4 N–H and O–H groups in total. The van der Waals surface area contributed by atoms with Gasteiger partial charge in [-0.15, -0.1) is 11.3 Å². The van der Waals surface area contributed by atoms with Gasteiger partial charge in [-0.3, -0.25) is 14.4 Å². The first-order valence-electron chi connectivity index (χ1n) is 7.03. The van der Waals surface area contributed by atoms with Crippen LogP contribution in [0.25, 0.3) is 10.6 Å². The third kappa shape index (κ3) is 3.26. The average Bonchev–Trinajstić information content (AvgIpc) is 3.09. The predicted molar refractivity (Wildman–Crippen MR) is 93.3 cm³/mol. The Labute approximate surface area is 141 Å². The Balaban J connectivity index is 1.84. The SMILES string of the molecule is NC(=O)c1cccc(NC(=O)c2ccc(-c3cccs3)[nH]c2=O)c1. The second-order valence-electron chi connectivity index (χ2n) is 4.99. The predicted octanol–water partition coefficient (Wildman–Crippen LogP) is 2.45. The molecule has 0 unspecified atom stereocenters. The summed E-state index contributed by atoms with van der Waals surface area (Å²) in [4.78, 5) is 39.2. The molecule has 0 aliphatic heterocycles. The summed E-state index contributed by atoms with van der Waals surface area (Å²) >= 11 is 1.49. The van der Waals surface area contributed by atoms with Crippen molar-refractivity contribution < 1.29 is 9.59 Å². The van der Waals surface area contributed by atoms with Crippen LogP contribution in [-0.4, -0.2) is 16.8 Å². The number of carbonyl (C=O) groups is 2. The summed E-state index contributed by atoms with van der Waals surface area (Å²) in [6.45, 7) is 0. The molecular formula is C17H13N3O3S. The highest BCUT2D eigenvalue weighted by molar-refractivity contribution is 7.13. The van der Waals surface area contributed by atoms with Gasteiger partial charge < -0.3 is 16.0 Å². The van der Waals surface area contributed by atoms with Gasteiger partial charge in [-0.05, 0) is 41.8 Å². The Hall–Kier alpha value is -3.19. The first-order valence-corrected chi connectivity index (χ1v) is 7.91. The second kappa shape index (κ2) is 6.51. The van der Waals surface area contributed by atoms with Gasteiger partial charge in [-0.25, -0.2) is 0 Å². The number of aromatic amines is 1. The van der Waals surface area contributed by atoms with Crippen molar-refractivity contribution in [3.05, 3.63) is 75.4 Å². The molecule has 120 valence electrons. The van der Waals surface area contributed by atoms with Crippen LogP contribution in [-0.2, 0) is 0 Å². The standard InChI is InChI=1S/C17H13N3O3S/c18-15(21)10-3-1-4-11(9-10)19-16(22)12-6-7-13(20-17(12)23)14-5-2-8-24-14/h1-9H,(H2,18,21)(H,19,22)(H,20,23). The number of carbonyl (C=O) groups excluding carboxylic acids is 2. The highest BCUT2D eigenvalue weighted by Crippen LogP contribution is 2.21. The van der Waals surface area contributed by atoms with Gasteiger partial charge in [-0.2, -0.15) is 0 Å². The van der Waals surface area contributed by atoms with Gasteiger partial charge in [0.25, 0.3) is 11.5 Å². The molecule has 0 fully saturated rings. The molecule has 1 aromatic carbocycles. The number of thiophene rings is 1. The number of pyridine rings is 1. The second-order valence-corrected chi connectivity index (χ2v) is 5.94. The maximum absolute atomic E-state index is 12.3. The molecule has 0 bridgehead atoms. The number of hydrogen-bond donors (Lipinski definition) is 3. The van der Waals surface area contributed by atoms with Gasteiger partial charge in [-0.1, -0.05) is 12.1 Å². The maximum atomic E-state index is 12.3. The number of amides is 2. The number of benzene rings is 1. The quantitative estimate of drug-likeness (QED) is 0.680. The van der Waals surface area contributed by atoms with Gasteiger partial charge in [0.15, 0.2) is 0 Å². The zero-order chi connectivity index (χ0) is 17.1. The molecule has 24 heavy (non-hydrogen) atoms. The smallest absolute Gasteiger partial charge is 0.261 e. The van der Waals surface area contributed by atoms with Crippen LogP contribution in [0.4, 0.5) is 5.69 Å². The Morgan fingerprint density at radius 3 is 2.58 bits per heavy atom. The third-order valence-electron chi connectivity index (χ3n) is 3.35. The summed E-state index contributed by atoms with van der Waals surface area (Å²) in [7, 11) is 0. The van der Waals surface area contributed by atoms with Crippen LogP contribution < -0.4 is 16.6 Å². The summed E-state index contributed by atoms with van der Waals surface area (Å²) in [5.41, 5.74) is 6.02. The highest BCUT2D eigenvalue weighted by Gasteiger charge is 2.13. The molecule has 0 aliphatic carbocycles. The lowest BCUT2D eigenvalue weighted by Gasteiger charge is -2.06. The minimum absolute atomic E-state index is 0.0141. The topological polar surface area (TPSA) is 105 Å². The molecule has 3 aromatic rings. The van der Waals surface area contributed by atoms with Gasteiger partial charge in [0.05, 0.1) is 10.6 Å². The van der Waals surface area contributed by atoms with Crippen molar-refractivity contribution in [1.82, 2.24) is 4.98 Å². The molecule has 2 amide bonds. The van der Waals surface area contributed by atoms with Crippen molar-refractivity contribution in [2.75, 3.05) is 5.32 Å². The lowest BCUT2D eigenvalue weighted by atomic mass is 10.1. The van der Waals surface area contributed by atoms with E-state index in [1.165, 1.54) is 23.5 Å². The van der Waals surface area contributed by atoms with E-state index in [-0.39, 0.29) is 11.1 Å². The van der Waals surface area contributed by atoms with E-state index in [2.05, 4.69) is 10.3 Å². The maximum Gasteiger partial charge on any atom is 0.261 e. The number of aromatic nitrogens is 1. The van der Waals surface area contributed by atoms with E-state index in [1.807, 2.05) is 17.5 Å². The van der Waals surface area contributed by atoms with Crippen molar-refractivity contribution in [3.8, 4) is 10.6 Å². The molecule has 0 spiro atoms. The summed E-state index contributed by atoms with van der Waals surface area (Å²) in [5.74, 6) is -1.15. The molecule has 0 radical (unpaired) electrons. The molecule has 0 saturated carbocycles. The van der Waals surface area contributed by atoms with Crippen molar-refractivity contribution >= 4 is 28.8 Å². The Morgan fingerprint density at radius 1 is 1.08 bits per heavy atom. The van der Waals surface area contributed by atoms with Gasteiger partial charge >= 0.3 is 0 Å². The lowest BCUT2D eigenvalue weighted by molar-refractivity contribution is 0.0996. The van der Waals surface area contributed by atoms with Crippen LogP contribution in [0.1, 0.15) is 20.7 Å². The molecule has 0 saturated heterocycles. The van der Waals surface area contributed by atoms with Gasteiger partial charge in [0.1, 0.15) is 5.56 Å². The van der Waals surface area contributed by atoms with Crippen LogP contribution in [0.3, 0.4) is 0 Å². The van der Waals surface area contributed by atoms with Crippen molar-refractivity contribution in [2.45, 2.75) is 0 Å². The molecule has 3 rings (SSSR count). The van der Waals surface area contributed by atoms with Crippen LogP contribution in [0.15, 0.2) is 58.7 Å². The summed E-state index contributed by atoms with van der Waals surface area (Å²) in [5, 5.41) is 4.49. The number of nitrogens with two attached hydrogens (primary N) is 1. The minimum atomic E-state index is -0.593. The molecular weight excluding hydrogens is 326 g/mol. The zero-order valence-electron chi connectivity index (χ0n) is 12.4. The average molecular weight is 339 g/mol. The van der Waals surface area contributed by atoms with E-state index in [0.717, 1.165) is 4.88 Å². The van der Waals surface area contributed by atoms with E-state index in [4.69, 9.17) is 5.73 Å². The van der Waals surface area contributed by atoms with E-state index in [1.54, 1.807) is 24.3 Å². The number of primary amides is 1. The zero-order valence-corrected chi connectivity index (χ0v) is 13.2. The van der Waals surface area contributed by atoms with Crippen LogP contribution in [0, 0.1) is 0 Å². The summed E-state index contributed by atoms with van der Waals surface area (Å²) in [6, 6.07) is 13.1. The number of hydrogen-bond acceptors (Lipinski definition) is 4. The number of H-pyrrole nitrogens is 1. The highest BCUT2D eigenvalue weighted by atomic mass is 32.1. The number of nitrogens with one attached hydrogen (secondary N) is 2. The van der Waals surface area contributed by atoms with Crippen LogP contribution >= 0.6 is 11.3 Å². The van der Waals surface area contributed by atoms with Gasteiger partial charge in [0, 0.05) is 11.3 Å². The fraction of sp³-hybridized carbons (Fsp3) is 0. The number of rotatable bonds is 4. The Kier molecular flexibility index (Phi) is 4.26.